The summed E-state index contributed by atoms with van der Waals surface area (Å²) in [5.74, 6) is 0.978. The molecule has 0 atom stereocenters. The highest BCUT2D eigenvalue weighted by Gasteiger charge is 2.20. The second-order valence-corrected chi connectivity index (χ2v) is 8.16. The summed E-state index contributed by atoms with van der Waals surface area (Å²) in [6, 6.07) is 18.0. The summed E-state index contributed by atoms with van der Waals surface area (Å²) in [5.41, 5.74) is 5.04. The summed E-state index contributed by atoms with van der Waals surface area (Å²) in [6.07, 6.45) is 0.978. The van der Waals surface area contributed by atoms with Crippen LogP contribution in [-0.4, -0.2) is 58.8 Å². The molecular formula is C25H30N4O2. The van der Waals surface area contributed by atoms with Crippen LogP contribution in [0.15, 0.2) is 54.6 Å². The van der Waals surface area contributed by atoms with Gasteiger partial charge in [-0.25, -0.2) is 4.68 Å². The fourth-order valence-electron chi connectivity index (χ4n) is 4.14. The van der Waals surface area contributed by atoms with Crippen molar-refractivity contribution in [1.29, 1.82) is 0 Å². The lowest BCUT2D eigenvalue weighted by atomic mass is 10.1. The number of methoxy groups -OCH3 is 1. The molecule has 0 spiro atoms. The van der Waals surface area contributed by atoms with Crippen molar-refractivity contribution < 1.29 is 9.53 Å². The summed E-state index contributed by atoms with van der Waals surface area (Å²) in [7, 11) is 1.68. The normalized spacial score (nSPS) is 15.0. The molecule has 0 radical (unpaired) electrons. The van der Waals surface area contributed by atoms with Crippen LogP contribution in [0.2, 0.25) is 0 Å². The molecule has 1 saturated heterocycles. The van der Waals surface area contributed by atoms with Crippen LogP contribution in [0.25, 0.3) is 5.69 Å². The third-order valence-electron chi connectivity index (χ3n) is 5.81. The number of nitrogens with zero attached hydrogens (tertiary/aromatic N) is 4. The van der Waals surface area contributed by atoms with E-state index in [4.69, 9.17) is 4.74 Å². The number of hydrogen-bond acceptors (Lipinski definition) is 4. The predicted molar refractivity (Wildman–Crippen MR) is 122 cm³/mol. The summed E-state index contributed by atoms with van der Waals surface area (Å²) >= 11 is 0. The molecule has 1 aliphatic heterocycles. The van der Waals surface area contributed by atoms with Crippen molar-refractivity contribution in [3.63, 3.8) is 0 Å². The van der Waals surface area contributed by atoms with Gasteiger partial charge in [0.1, 0.15) is 5.75 Å². The average Bonchev–Trinajstić information content (AvgIpc) is 2.98. The van der Waals surface area contributed by atoms with Crippen molar-refractivity contribution in [2.24, 2.45) is 0 Å². The second-order valence-electron chi connectivity index (χ2n) is 8.16. The number of carbonyl (C=O) groups is 1. The molecule has 3 aromatic rings. The van der Waals surface area contributed by atoms with Crippen LogP contribution < -0.4 is 4.74 Å². The lowest BCUT2D eigenvalue weighted by molar-refractivity contribution is 0.0761. The fourth-order valence-corrected chi connectivity index (χ4v) is 4.14. The third kappa shape index (κ3) is 4.97. The van der Waals surface area contributed by atoms with Gasteiger partial charge in [-0.05, 0) is 68.3 Å². The molecule has 2 heterocycles. The molecule has 0 bridgehead atoms. The average molecular weight is 419 g/mol. The quantitative estimate of drug-likeness (QED) is 0.632. The van der Waals surface area contributed by atoms with Crippen molar-refractivity contribution in [1.82, 2.24) is 19.6 Å². The van der Waals surface area contributed by atoms with Crippen LogP contribution in [0, 0.1) is 13.8 Å². The number of aryl methyl sites for hydroxylation is 2. The molecule has 1 fully saturated rings. The highest BCUT2D eigenvalue weighted by molar-refractivity contribution is 5.94. The Hall–Kier alpha value is -3.12. The maximum absolute atomic E-state index is 13.1. The number of aromatic nitrogens is 2. The lowest BCUT2D eigenvalue weighted by Crippen LogP contribution is -2.35. The van der Waals surface area contributed by atoms with Gasteiger partial charge < -0.3 is 9.64 Å². The molecule has 6 heteroatoms. The fraction of sp³-hybridized carbons (Fsp3) is 0.360. The smallest absolute Gasteiger partial charge is 0.253 e. The molecule has 6 nitrogen and oxygen atoms in total. The number of ether oxygens (including phenoxy) is 1. The van der Waals surface area contributed by atoms with Crippen LogP contribution in [-0.2, 0) is 6.54 Å². The van der Waals surface area contributed by atoms with E-state index in [1.807, 2.05) is 65.9 Å². The monoisotopic (exact) mass is 418 g/mol. The van der Waals surface area contributed by atoms with E-state index >= 15 is 0 Å². The maximum Gasteiger partial charge on any atom is 0.253 e. The zero-order valence-electron chi connectivity index (χ0n) is 18.5. The standard InChI is InChI=1S/C25H30N4O2/c1-19-17-20(2)29(26-19)23-9-7-22(8-10-23)25(30)28-14-4-13-27(15-16-28)18-21-5-11-24(31-3)12-6-21/h5-12,17H,4,13-16,18H2,1-3H3. The van der Waals surface area contributed by atoms with Crippen molar-refractivity contribution in [3.05, 3.63) is 77.1 Å². The van der Waals surface area contributed by atoms with Gasteiger partial charge in [0.2, 0.25) is 0 Å². The highest BCUT2D eigenvalue weighted by Crippen LogP contribution is 2.17. The first-order chi connectivity index (χ1) is 15.0. The van der Waals surface area contributed by atoms with Crippen molar-refractivity contribution in [2.75, 3.05) is 33.3 Å². The van der Waals surface area contributed by atoms with E-state index in [2.05, 4.69) is 22.1 Å². The lowest BCUT2D eigenvalue weighted by Gasteiger charge is -2.22. The molecule has 1 aromatic heterocycles. The minimum Gasteiger partial charge on any atom is -0.497 e. The Kier molecular flexibility index (Phi) is 6.37. The third-order valence-corrected chi connectivity index (χ3v) is 5.81. The molecule has 1 amide bonds. The van der Waals surface area contributed by atoms with Crippen LogP contribution in [0.4, 0.5) is 0 Å². The van der Waals surface area contributed by atoms with Gasteiger partial charge in [0.25, 0.3) is 5.91 Å². The van der Waals surface area contributed by atoms with Crippen molar-refractivity contribution in [2.45, 2.75) is 26.8 Å². The zero-order valence-corrected chi connectivity index (χ0v) is 18.5. The van der Waals surface area contributed by atoms with E-state index in [1.165, 1.54) is 5.56 Å². The van der Waals surface area contributed by atoms with Gasteiger partial charge in [-0.15, -0.1) is 0 Å². The minimum atomic E-state index is 0.103. The van der Waals surface area contributed by atoms with Gasteiger partial charge in [-0.2, -0.15) is 5.10 Å². The topological polar surface area (TPSA) is 50.6 Å². The number of rotatable bonds is 5. The Morgan fingerprint density at radius 2 is 1.71 bits per heavy atom. The highest BCUT2D eigenvalue weighted by atomic mass is 16.5. The second kappa shape index (κ2) is 9.35. The van der Waals surface area contributed by atoms with Gasteiger partial charge in [0.05, 0.1) is 18.5 Å². The van der Waals surface area contributed by atoms with E-state index in [1.54, 1.807) is 7.11 Å². The Labute approximate surface area is 184 Å². The number of amides is 1. The van der Waals surface area contributed by atoms with Gasteiger partial charge in [-0.3, -0.25) is 9.69 Å². The Bertz CT molecular complexity index is 1020. The van der Waals surface area contributed by atoms with E-state index in [0.29, 0.717) is 0 Å². The van der Waals surface area contributed by atoms with E-state index in [9.17, 15) is 4.79 Å². The molecule has 0 saturated carbocycles. The molecule has 2 aromatic carbocycles. The van der Waals surface area contributed by atoms with E-state index in [0.717, 1.165) is 67.5 Å². The number of carbonyl (C=O) groups excluding carboxylic acids is 1. The molecule has 0 N–H and O–H groups in total. The Balaban J connectivity index is 1.37. The van der Waals surface area contributed by atoms with Crippen LogP contribution >= 0.6 is 0 Å². The number of benzene rings is 2. The van der Waals surface area contributed by atoms with Crippen LogP contribution in [0.1, 0.15) is 33.7 Å². The molecule has 31 heavy (non-hydrogen) atoms. The summed E-state index contributed by atoms with van der Waals surface area (Å²) in [6.45, 7) is 8.32. The molecule has 0 aliphatic carbocycles. The van der Waals surface area contributed by atoms with Crippen molar-refractivity contribution in [3.8, 4) is 11.4 Å². The Morgan fingerprint density at radius 3 is 2.35 bits per heavy atom. The maximum atomic E-state index is 13.1. The zero-order chi connectivity index (χ0) is 21.8. The molecular weight excluding hydrogens is 388 g/mol. The van der Waals surface area contributed by atoms with E-state index < -0.39 is 0 Å². The summed E-state index contributed by atoms with van der Waals surface area (Å²) in [5, 5.41) is 4.52. The van der Waals surface area contributed by atoms with Gasteiger partial charge >= 0.3 is 0 Å². The summed E-state index contributed by atoms with van der Waals surface area (Å²) in [4.78, 5) is 17.5. The van der Waals surface area contributed by atoms with Gasteiger partial charge in [0.15, 0.2) is 0 Å². The van der Waals surface area contributed by atoms with Gasteiger partial charge in [0, 0.05) is 44.0 Å². The Morgan fingerprint density at radius 1 is 0.968 bits per heavy atom. The first-order valence-corrected chi connectivity index (χ1v) is 10.8. The van der Waals surface area contributed by atoms with Crippen LogP contribution in [0.5, 0.6) is 5.75 Å². The van der Waals surface area contributed by atoms with Gasteiger partial charge in [-0.1, -0.05) is 12.1 Å². The first kappa shape index (κ1) is 21.1. The molecule has 0 unspecified atom stereocenters. The van der Waals surface area contributed by atoms with Crippen molar-refractivity contribution >= 4 is 5.91 Å². The van der Waals surface area contributed by atoms with Crippen LogP contribution in [0.3, 0.4) is 0 Å². The minimum absolute atomic E-state index is 0.103. The predicted octanol–water partition coefficient (Wildman–Crippen LogP) is 3.85. The summed E-state index contributed by atoms with van der Waals surface area (Å²) < 4.78 is 7.15. The molecule has 162 valence electrons. The first-order valence-electron chi connectivity index (χ1n) is 10.8. The SMILES string of the molecule is COc1ccc(CN2CCCN(C(=O)c3ccc(-n4nc(C)cc4C)cc3)CC2)cc1. The van der Waals surface area contributed by atoms with E-state index in [-0.39, 0.29) is 5.91 Å². The number of hydrogen-bond donors (Lipinski definition) is 0. The molecule has 4 rings (SSSR count). The molecule has 1 aliphatic rings. The largest absolute Gasteiger partial charge is 0.497 e.